The molecule has 2 rings (SSSR count). The molecule has 1 aliphatic rings. The molecule has 1 aliphatic heterocycles. The van der Waals surface area contributed by atoms with Crippen molar-refractivity contribution in [2.24, 2.45) is 0 Å². The Hall–Kier alpha value is -1.56. The summed E-state index contributed by atoms with van der Waals surface area (Å²) in [5, 5.41) is 19.7. The van der Waals surface area contributed by atoms with E-state index < -0.39 is 42.4 Å². The van der Waals surface area contributed by atoms with Gasteiger partial charge < -0.3 is 29.3 Å². The van der Waals surface area contributed by atoms with Crippen molar-refractivity contribution in [2.45, 2.75) is 31.5 Å². The van der Waals surface area contributed by atoms with E-state index in [9.17, 15) is 19.8 Å². The van der Waals surface area contributed by atoms with Crippen molar-refractivity contribution in [1.82, 2.24) is 14.5 Å². The van der Waals surface area contributed by atoms with Crippen molar-refractivity contribution in [3.63, 3.8) is 0 Å². The largest absolute Gasteiger partial charge is 0.394 e. The van der Waals surface area contributed by atoms with Crippen LogP contribution in [0, 0.1) is 6.92 Å². The van der Waals surface area contributed by atoms with E-state index in [1.165, 1.54) is 6.20 Å². The lowest BCUT2D eigenvalue weighted by molar-refractivity contribution is -0.0847. The Morgan fingerprint density at radius 3 is 2.69 bits per heavy atom. The number of hydrogen-bond donors (Lipinski definition) is 3. The minimum atomic E-state index is -1.12. The van der Waals surface area contributed by atoms with Gasteiger partial charge in [-0.05, 0) is 21.0 Å². The third-order valence-corrected chi connectivity index (χ3v) is 4.13. The lowest BCUT2D eigenvalue weighted by Gasteiger charge is -2.22. The third-order valence-electron chi connectivity index (χ3n) is 4.13. The Morgan fingerprint density at radius 2 is 2.04 bits per heavy atom. The summed E-state index contributed by atoms with van der Waals surface area (Å²) in [6.07, 6.45) is -2.51. The molecule has 1 saturated heterocycles. The third kappa shape index (κ3) is 5.00. The second-order valence-electron chi connectivity index (χ2n) is 6.47. The smallest absolute Gasteiger partial charge is 0.330 e. The van der Waals surface area contributed by atoms with Gasteiger partial charge in [-0.25, -0.2) is 4.79 Å². The zero-order chi connectivity index (χ0) is 19.3. The van der Waals surface area contributed by atoms with E-state index in [4.69, 9.17) is 14.2 Å². The first-order valence-electron chi connectivity index (χ1n) is 8.45. The van der Waals surface area contributed by atoms with Crippen LogP contribution in [0.2, 0.25) is 0 Å². The van der Waals surface area contributed by atoms with Crippen LogP contribution in [0.3, 0.4) is 0 Å². The van der Waals surface area contributed by atoms with E-state index in [0.29, 0.717) is 18.8 Å². The molecule has 0 amide bonds. The Morgan fingerprint density at radius 1 is 1.31 bits per heavy atom. The van der Waals surface area contributed by atoms with Crippen molar-refractivity contribution >= 4 is 0 Å². The Kier molecular flexibility index (Phi) is 7.50. The summed E-state index contributed by atoms with van der Waals surface area (Å²) < 4.78 is 17.8. The topological polar surface area (TPSA) is 126 Å². The molecule has 26 heavy (non-hydrogen) atoms. The van der Waals surface area contributed by atoms with Crippen molar-refractivity contribution in [3.05, 3.63) is 32.6 Å². The minimum absolute atomic E-state index is 0.185. The predicted molar refractivity (Wildman–Crippen MR) is 92.2 cm³/mol. The number of likely N-dealkylation sites (N-methyl/N-ethyl adjacent to an activating group) is 1. The number of nitrogens with one attached hydrogen (secondary N) is 1. The molecule has 1 aromatic rings. The molecule has 0 aromatic carbocycles. The van der Waals surface area contributed by atoms with Gasteiger partial charge in [0.05, 0.1) is 26.4 Å². The second-order valence-corrected chi connectivity index (χ2v) is 6.47. The molecule has 10 heteroatoms. The number of H-pyrrole nitrogens is 1. The number of nitrogens with zero attached hydrogens (tertiary/aromatic N) is 2. The molecule has 0 spiro atoms. The molecule has 1 fully saturated rings. The fraction of sp³-hybridized carbons (Fsp3) is 0.750. The maximum Gasteiger partial charge on any atom is 0.330 e. The Balaban J connectivity index is 2.05. The van der Waals surface area contributed by atoms with Crippen molar-refractivity contribution < 1.29 is 24.4 Å². The van der Waals surface area contributed by atoms with Crippen LogP contribution in [0.5, 0.6) is 0 Å². The molecular formula is C16H27N3O7. The molecule has 2 heterocycles. The van der Waals surface area contributed by atoms with Crippen LogP contribution < -0.4 is 11.2 Å². The number of rotatable bonds is 9. The van der Waals surface area contributed by atoms with Crippen LogP contribution >= 0.6 is 0 Å². The summed E-state index contributed by atoms with van der Waals surface area (Å²) in [6, 6.07) is 0. The second kappa shape index (κ2) is 9.40. The summed E-state index contributed by atoms with van der Waals surface area (Å²) in [5.74, 6) is 0. The van der Waals surface area contributed by atoms with E-state index in [1.807, 2.05) is 19.0 Å². The lowest BCUT2D eigenvalue weighted by Crippen LogP contribution is -2.40. The minimum Gasteiger partial charge on any atom is -0.394 e. The van der Waals surface area contributed by atoms with Gasteiger partial charge in [-0.2, -0.15) is 0 Å². The first-order valence-corrected chi connectivity index (χ1v) is 8.45. The molecule has 0 radical (unpaired) electrons. The highest BCUT2D eigenvalue weighted by Gasteiger charge is 2.45. The SMILES string of the molecule is Cc1cn([C@@H]2O[C@H](CO)[C@@H](O)[C@H]2OCCOCCN(C)C)c(=O)[nH]c1=O. The standard InChI is InChI=1S/C16H27N3O7/c1-10-8-19(16(23)17-14(10)22)15-13(12(21)11(9-20)26-15)25-7-6-24-5-4-18(2)3/h8,11-13,15,20-21H,4-7,9H2,1-3H3,(H,17,22,23)/t11-,12-,13-,15-/m1/s1. The first kappa shape index (κ1) is 20.7. The lowest BCUT2D eigenvalue weighted by atomic mass is 10.1. The molecule has 0 aliphatic carbocycles. The van der Waals surface area contributed by atoms with Crippen LogP contribution in [0.25, 0.3) is 0 Å². The van der Waals surface area contributed by atoms with Gasteiger partial charge in [0.1, 0.15) is 18.3 Å². The van der Waals surface area contributed by atoms with Crippen LogP contribution in [0.15, 0.2) is 15.8 Å². The monoisotopic (exact) mass is 373 g/mol. The highest BCUT2D eigenvalue weighted by Crippen LogP contribution is 2.30. The number of aliphatic hydroxyl groups is 2. The number of hydrogen-bond acceptors (Lipinski definition) is 8. The van der Waals surface area contributed by atoms with E-state index in [2.05, 4.69) is 4.98 Å². The average Bonchev–Trinajstić information content (AvgIpc) is 2.90. The highest BCUT2D eigenvalue weighted by molar-refractivity contribution is 5.03. The van der Waals surface area contributed by atoms with Gasteiger partial charge in [0.25, 0.3) is 5.56 Å². The van der Waals surface area contributed by atoms with Gasteiger partial charge in [0.2, 0.25) is 0 Å². The van der Waals surface area contributed by atoms with Gasteiger partial charge in [-0.15, -0.1) is 0 Å². The number of aromatic amines is 1. The summed E-state index contributed by atoms with van der Waals surface area (Å²) in [4.78, 5) is 27.8. The van der Waals surface area contributed by atoms with Crippen molar-refractivity contribution in [3.8, 4) is 0 Å². The van der Waals surface area contributed by atoms with E-state index in [0.717, 1.165) is 11.1 Å². The molecule has 0 unspecified atom stereocenters. The van der Waals surface area contributed by atoms with Crippen LogP contribution in [0.4, 0.5) is 0 Å². The van der Waals surface area contributed by atoms with E-state index in [-0.39, 0.29) is 6.61 Å². The van der Waals surface area contributed by atoms with E-state index in [1.54, 1.807) is 6.92 Å². The number of aliphatic hydroxyl groups excluding tert-OH is 2. The van der Waals surface area contributed by atoms with Crippen molar-refractivity contribution in [1.29, 1.82) is 0 Å². The highest BCUT2D eigenvalue weighted by atomic mass is 16.6. The molecule has 10 nitrogen and oxygen atoms in total. The van der Waals surface area contributed by atoms with Crippen LogP contribution in [0.1, 0.15) is 11.8 Å². The summed E-state index contributed by atoms with van der Waals surface area (Å²) >= 11 is 0. The zero-order valence-corrected chi connectivity index (χ0v) is 15.3. The van der Waals surface area contributed by atoms with Crippen molar-refractivity contribution in [2.75, 3.05) is 47.1 Å². The van der Waals surface area contributed by atoms with Gasteiger partial charge in [-0.3, -0.25) is 14.3 Å². The molecule has 1 aromatic heterocycles. The Bertz CT molecular complexity index is 687. The van der Waals surface area contributed by atoms with Gasteiger partial charge in [-0.1, -0.05) is 0 Å². The maximum absolute atomic E-state index is 12.1. The first-order chi connectivity index (χ1) is 12.3. The summed E-state index contributed by atoms with van der Waals surface area (Å²) in [5.41, 5.74) is -0.844. The number of ether oxygens (including phenoxy) is 3. The number of aryl methyl sites for hydroxylation is 1. The Labute approximate surface area is 150 Å². The van der Waals surface area contributed by atoms with Gasteiger partial charge in [0.15, 0.2) is 6.23 Å². The molecule has 148 valence electrons. The molecule has 0 bridgehead atoms. The normalized spacial score (nSPS) is 25.9. The van der Waals surface area contributed by atoms with Crippen LogP contribution in [-0.4, -0.2) is 90.0 Å². The van der Waals surface area contributed by atoms with Crippen LogP contribution in [-0.2, 0) is 14.2 Å². The number of aromatic nitrogens is 2. The zero-order valence-electron chi connectivity index (χ0n) is 15.3. The summed E-state index contributed by atoms with van der Waals surface area (Å²) in [7, 11) is 3.88. The molecular weight excluding hydrogens is 346 g/mol. The summed E-state index contributed by atoms with van der Waals surface area (Å²) in [6.45, 7) is 2.95. The fourth-order valence-electron chi connectivity index (χ4n) is 2.64. The predicted octanol–water partition coefficient (Wildman–Crippen LogP) is -1.94. The van der Waals surface area contributed by atoms with Gasteiger partial charge >= 0.3 is 5.69 Å². The quantitative estimate of drug-likeness (QED) is 0.427. The molecule has 3 N–H and O–H groups in total. The fourth-order valence-corrected chi connectivity index (χ4v) is 2.64. The molecule has 0 saturated carbocycles. The molecule has 4 atom stereocenters. The maximum atomic E-state index is 12.1. The average molecular weight is 373 g/mol. The van der Waals surface area contributed by atoms with Gasteiger partial charge in [0, 0.05) is 18.3 Å². The van der Waals surface area contributed by atoms with E-state index >= 15 is 0 Å².